The van der Waals surface area contributed by atoms with Crippen LogP contribution < -0.4 is 0 Å². The molecule has 0 rings (SSSR count). The minimum atomic E-state index is -0.330. The molecule has 0 aliphatic rings. The van der Waals surface area contributed by atoms with Crippen molar-refractivity contribution in [2.45, 2.75) is 27.2 Å². The first-order valence-electron chi connectivity index (χ1n) is 5.49. The van der Waals surface area contributed by atoms with Crippen LogP contribution in [0.2, 0.25) is 0 Å². The SMILES string of the molecule is C=CC.C=CCOC(=O)COCCC(C)C. The molecule has 94 valence electrons. The fourth-order valence-electron chi connectivity index (χ4n) is 0.668. The number of ether oxygens (including phenoxy) is 2. The highest BCUT2D eigenvalue weighted by atomic mass is 16.6. The van der Waals surface area contributed by atoms with Crippen molar-refractivity contribution >= 4 is 5.97 Å². The average molecular weight is 228 g/mol. The molecule has 0 aromatic carbocycles. The fraction of sp³-hybridized carbons (Fsp3) is 0.615. The summed E-state index contributed by atoms with van der Waals surface area (Å²) in [6, 6.07) is 0. The van der Waals surface area contributed by atoms with E-state index in [1.54, 1.807) is 6.08 Å². The Morgan fingerprint density at radius 2 is 1.94 bits per heavy atom. The van der Waals surface area contributed by atoms with Crippen LogP contribution in [0, 0.1) is 5.92 Å². The molecule has 16 heavy (non-hydrogen) atoms. The van der Waals surface area contributed by atoms with E-state index in [4.69, 9.17) is 9.47 Å². The molecular weight excluding hydrogens is 204 g/mol. The summed E-state index contributed by atoms with van der Waals surface area (Å²) in [5, 5.41) is 0. The summed E-state index contributed by atoms with van der Waals surface area (Å²) >= 11 is 0. The average Bonchev–Trinajstić information content (AvgIpc) is 2.22. The molecule has 0 unspecified atom stereocenters. The van der Waals surface area contributed by atoms with E-state index < -0.39 is 0 Å². The summed E-state index contributed by atoms with van der Waals surface area (Å²) in [5.41, 5.74) is 0. The van der Waals surface area contributed by atoms with Crippen LogP contribution in [-0.4, -0.2) is 25.8 Å². The maximum Gasteiger partial charge on any atom is 0.332 e. The topological polar surface area (TPSA) is 35.5 Å². The molecule has 0 aromatic rings. The molecule has 0 aliphatic carbocycles. The van der Waals surface area contributed by atoms with Crippen molar-refractivity contribution in [3.63, 3.8) is 0 Å². The van der Waals surface area contributed by atoms with E-state index in [2.05, 4.69) is 27.0 Å². The third kappa shape index (κ3) is 18.6. The summed E-state index contributed by atoms with van der Waals surface area (Å²) in [5.74, 6) is 0.271. The molecule has 0 spiro atoms. The minimum Gasteiger partial charge on any atom is -0.460 e. The van der Waals surface area contributed by atoms with Gasteiger partial charge in [0.25, 0.3) is 0 Å². The van der Waals surface area contributed by atoms with Crippen molar-refractivity contribution in [2.24, 2.45) is 5.92 Å². The molecule has 0 radical (unpaired) electrons. The number of hydrogen-bond acceptors (Lipinski definition) is 3. The van der Waals surface area contributed by atoms with Gasteiger partial charge in [-0.05, 0) is 19.3 Å². The van der Waals surface area contributed by atoms with Crippen LogP contribution in [0.4, 0.5) is 0 Å². The molecule has 0 bridgehead atoms. The molecular formula is C13H24O3. The van der Waals surface area contributed by atoms with Crippen LogP contribution in [0.1, 0.15) is 27.2 Å². The zero-order chi connectivity index (χ0) is 12.8. The lowest BCUT2D eigenvalue weighted by Gasteiger charge is -2.05. The second-order valence-electron chi connectivity index (χ2n) is 3.62. The Morgan fingerprint density at radius 3 is 2.38 bits per heavy atom. The van der Waals surface area contributed by atoms with Gasteiger partial charge in [0, 0.05) is 6.61 Å². The number of hydrogen-bond donors (Lipinski definition) is 0. The molecule has 0 amide bonds. The van der Waals surface area contributed by atoms with E-state index in [9.17, 15) is 4.79 Å². The van der Waals surface area contributed by atoms with Gasteiger partial charge in [-0.2, -0.15) is 0 Å². The van der Waals surface area contributed by atoms with Crippen molar-refractivity contribution in [1.29, 1.82) is 0 Å². The van der Waals surface area contributed by atoms with Crippen molar-refractivity contribution < 1.29 is 14.3 Å². The maximum absolute atomic E-state index is 10.9. The van der Waals surface area contributed by atoms with Gasteiger partial charge in [0.15, 0.2) is 0 Å². The number of allylic oxidation sites excluding steroid dienone is 1. The number of rotatable bonds is 7. The van der Waals surface area contributed by atoms with Gasteiger partial charge in [-0.15, -0.1) is 6.58 Å². The van der Waals surface area contributed by atoms with E-state index in [0.29, 0.717) is 12.5 Å². The molecule has 3 heteroatoms. The lowest BCUT2D eigenvalue weighted by molar-refractivity contribution is -0.147. The highest BCUT2D eigenvalue weighted by Gasteiger charge is 2.01. The van der Waals surface area contributed by atoms with Crippen LogP contribution >= 0.6 is 0 Å². The Hall–Kier alpha value is -1.09. The molecule has 0 N–H and O–H groups in total. The van der Waals surface area contributed by atoms with Gasteiger partial charge >= 0.3 is 5.97 Å². The standard InChI is InChI=1S/C10H18O3.C3H6/c1-4-6-13-10(11)8-12-7-5-9(2)3;1-3-2/h4,9H,1,5-8H2,2-3H3;3H,1H2,2H3. The molecule has 3 nitrogen and oxygen atoms in total. The number of carbonyl (C=O) groups excluding carboxylic acids is 1. The fourth-order valence-corrected chi connectivity index (χ4v) is 0.668. The van der Waals surface area contributed by atoms with E-state index >= 15 is 0 Å². The zero-order valence-electron chi connectivity index (χ0n) is 10.7. The first kappa shape index (κ1) is 17.3. The molecule has 0 aliphatic heterocycles. The summed E-state index contributed by atoms with van der Waals surface area (Å²) in [6.07, 6.45) is 4.25. The van der Waals surface area contributed by atoms with Crippen LogP contribution in [0.25, 0.3) is 0 Å². The third-order valence-corrected chi connectivity index (χ3v) is 1.42. The van der Waals surface area contributed by atoms with Gasteiger partial charge in [-0.3, -0.25) is 0 Å². The zero-order valence-corrected chi connectivity index (χ0v) is 10.7. The maximum atomic E-state index is 10.9. The van der Waals surface area contributed by atoms with Crippen molar-refractivity contribution in [2.75, 3.05) is 19.8 Å². The first-order valence-corrected chi connectivity index (χ1v) is 5.49. The Bertz CT molecular complexity index is 186. The van der Waals surface area contributed by atoms with Gasteiger partial charge < -0.3 is 9.47 Å². The monoisotopic (exact) mass is 228 g/mol. The minimum absolute atomic E-state index is 0.0422. The Kier molecular flexibility index (Phi) is 15.0. The second-order valence-corrected chi connectivity index (χ2v) is 3.62. The van der Waals surface area contributed by atoms with Crippen LogP contribution in [0.5, 0.6) is 0 Å². The lowest BCUT2D eigenvalue weighted by atomic mass is 10.1. The second kappa shape index (κ2) is 13.9. The van der Waals surface area contributed by atoms with Crippen molar-refractivity contribution in [1.82, 2.24) is 0 Å². The summed E-state index contributed by atoms with van der Waals surface area (Å²) in [4.78, 5) is 10.9. The van der Waals surface area contributed by atoms with E-state index in [-0.39, 0.29) is 19.2 Å². The van der Waals surface area contributed by atoms with Gasteiger partial charge in [-0.1, -0.05) is 32.6 Å². The van der Waals surface area contributed by atoms with Crippen molar-refractivity contribution in [3.05, 3.63) is 25.3 Å². The molecule has 0 fully saturated rings. The van der Waals surface area contributed by atoms with Gasteiger partial charge in [0.2, 0.25) is 0 Å². The van der Waals surface area contributed by atoms with Gasteiger partial charge in [-0.25, -0.2) is 4.79 Å². The van der Waals surface area contributed by atoms with E-state index in [0.717, 1.165) is 6.42 Å². The highest BCUT2D eigenvalue weighted by molar-refractivity contribution is 5.70. The van der Waals surface area contributed by atoms with Gasteiger partial charge in [0.1, 0.15) is 13.2 Å². The smallest absolute Gasteiger partial charge is 0.332 e. The Morgan fingerprint density at radius 1 is 1.38 bits per heavy atom. The molecule has 0 atom stereocenters. The molecule has 0 aromatic heterocycles. The molecule has 0 saturated carbocycles. The van der Waals surface area contributed by atoms with Crippen LogP contribution in [-0.2, 0) is 14.3 Å². The number of esters is 1. The summed E-state index contributed by atoms with van der Waals surface area (Å²) < 4.78 is 9.81. The van der Waals surface area contributed by atoms with Crippen LogP contribution in [0.3, 0.4) is 0 Å². The van der Waals surface area contributed by atoms with E-state index in [1.807, 2.05) is 6.92 Å². The first-order chi connectivity index (χ1) is 7.58. The van der Waals surface area contributed by atoms with E-state index in [1.165, 1.54) is 6.08 Å². The predicted octanol–water partition coefficient (Wildman–Crippen LogP) is 2.97. The summed E-state index contributed by atoms with van der Waals surface area (Å²) in [7, 11) is 0. The predicted molar refractivity (Wildman–Crippen MR) is 67.3 cm³/mol. The largest absolute Gasteiger partial charge is 0.460 e. The Labute approximate surface area is 99.1 Å². The van der Waals surface area contributed by atoms with Crippen LogP contribution in [0.15, 0.2) is 25.3 Å². The quantitative estimate of drug-likeness (QED) is 0.382. The summed E-state index contributed by atoms with van der Waals surface area (Å²) in [6.45, 7) is 13.8. The van der Waals surface area contributed by atoms with Gasteiger partial charge in [0.05, 0.1) is 0 Å². The lowest BCUT2D eigenvalue weighted by Crippen LogP contribution is -2.13. The normalized spacial score (nSPS) is 9.00. The third-order valence-electron chi connectivity index (χ3n) is 1.42. The highest BCUT2D eigenvalue weighted by Crippen LogP contribution is 1.98. The molecule has 0 heterocycles. The molecule has 0 saturated heterocycles. The Balaban J connectivity index is 0. The number of carbonyl (C=O) groups is 1. The van der Waals surface area contributed by atoms with Crippen molar-refractivity contribution in [3.8, 4) is 0 Å².